The molecular formula is C36H35MgN4O6-. The molecule has 0 spiro atoms. The average molecular weight is 644 g/mol. The minimum atomic E-state index is -0.702. The number of ether oxygens (including phenoxy) is 2. The first-order valence-corrected chi connectivity index (χ1v) is 15.2. The van der Waals surface area contributed by atoms with E-state index in [9.17, 15) is 19.5 Å². The zero-order valence-electron chi connectivity index (χ0n) is 27.4. The molecule has 1 fully saturated rings. The molecule has 8 bridgehead atoms. The molecular weight excluding hydrogens is 609 g/mol. The summed E-state index contributed by atoms with van der Waals surface area (Å²) in [7, 11) is 2.62. The van der Waals surface area contributed by atoms with E-state index in [2.05, 4.69) is 11.9 Å². The van der Waals surface area contributed by atoms with Gasteiger partial charge in [0.2, 0.25) is 0 Å². The molecule has 6 rings (SSSR count). The SMILES string of the molecule is C=Cc1c2[n-]c(c1C)/C=C1\N/C(=C3/C(C(=O)OC)=C(O)c4c3[n-]c(c4C)/C=c3\[n-]/c(c(C=O)c3CC)=C\2)[C@@H](CCC(=O)OC)[C@@H]1C.[Mg+2]. The van der Waals surface area contributed by atoms with Gasteiger partial charge >= 0.3 is 35.0 Å². The van der Waals surface area contributed by atoms with Gasteiger partial charge in [0.1, 0.15) is 17.6 Å². The van der Waals surface area contributed by atoms with Crippen molar-refractivity contribution in [1.29, 1.82) is 0 Å². The monoisotopic (exact) mass is 643 g/mol. The molecule has 3 aromatic heterocycles. The van der Waals surface area contributed by atoms with Crippen LogP contribution in [0, 0.1) is 25.7 Å². The summed E-state index contributed by atoms with van der Waals surface area (Å²) < 4.78 is 10.1. The molecule has 3 aromatic rings. The number of hydrogen-bond donors (Lipinski definition) is 2. The minimum absolute atomic E-state index is 0. The second-order valence-electron chi connectivity index (χ2n) is 11.7. The average Bonchev–Trinajstić information content (AvgIpc) is 3.79. The first-order valence-electron chi connectivity index (χ1n) is 15.2. The van der Waals surface area contributed by atoms with Gasteiger partial charge in [-0.3, -0.25) is 9.59 Å². The van der Waals surface area contributed by atoms with E-state index in [1.807, 2.05) is 45.9 Å². The van der Waals surface area contributed by atoms with Crippen LogP contribution in [-0.2, 0) is 25.5 Å². The molecule has 0 radical (unpaired) electrons. The van der Waals surface area contributed by atoms with Crippen molar-refractivity contribution in [1.82, 2.24) is 20.3 Å². The first kappa shape index (κ1) is 33.9. The molecule has 1 aliphatic carbocycles. The molecule has 10 nitrogen and oxygen atoms in total. The Balaban J connectivity index is 0.00000433. The van der Waals surface area contributed by atoms with Crippen molar-refractivity contribution >= 4 is 76.9 Å². The summed E-state index contributed by atoms with van der Waals surface area (Å²) in [6.07, 6.45) is 9.26. The normalized spacial score (nSPS) is 21.8. The van der Waals surface area contributed by atoms with Crippen LogP contribution in [0.15, 0.2) is 23.5 Å². The standard InChI is InChI=1S/C36H36N4O6.Mg/c1-8-19-16(3)23-12-24-17(4)21(10-11-29(42)45-6)33(39-24)31-32(36(44)46-7)35(43)30-18(5)25(40-34(30)31)13-27-20(9-2)22(15-41)28(38-27)14-26(19)37-23;/h8,12-15,17,21H,1,9-11H2,2-7H3,(H3,39,40,41,43,44);/q-2;+2/p-1/b24-12-,28-14-;/t17-,21-;/m0./s1. The number of nitrogens with one attached hydrogen (secondary N) is 1. The van der Waals surface area contributed by atoms with Gasteiger partial charge in [0.05, 0.1) is 14.2 Å². The fourth-order valence-corrected chi connectivity index (χ4v) is 6.92. The number of nitrogens with zero attached hydrogens (tertiary/aromatic N) is 3. The van der Waals surface area contributed by atoms with Gasteiger partial charge in [-0.15, -0.1) is 33.5 Å². The molecule has 5 heterocycles. The Kier molecular flexibility index (Phi) is 9.34. The van der Waals surface area contributed by atoms with E-state index < -0.39 is 5.97 Å². The summed E-state index contributed by atoms with van der Waals surface area (Å²) in [5, 5.41) is 16.2. The Morgan fingerprint density at radius 1 is 1.00 bits per heavy atom. The minimum Gasteiger partial charge on any atom is -0.657 e. The maximum Gasteiger partial charge on any atom is 2.00 e. The number of methoxy groups -OCH3 is 2. The largest absolute Gasteiger partial charge is 2.00 e. The number of carbonyl (C=O) groups excluding carboxylic acids is 3. The number of hydrogen-bond acceptors (Lipinski definition) is 7. The molecule has 1 saturated heterocycles. The topological polar surface area (TPSA) is 144 Å². The first-order chi connectivity index (χ1) is 22.1. The molecule has 0 unspecified atom stereocenters. The Labute approximate surface area is 288 Å². The number of allylic oxidation sites excluding steroid dienone is 2. The van der Waals surface area contributed by atoms with Crippen molar-refractivity contribution in [3.05, 3.63) is 90.4 Å². The van der Waals surface area contributed by atoms with Gasteiger partial charge in [-0.05, 0) is 37.8 Å². The van der Waals surface area contributed by atoms with Gasteiger partial charge < -0.3 is 34.8 Å². The van der Waals surface area contributed by atoms with Gasteiger partial charge in [-0.1, -0.05) is 61.4 Å². The molecule has 0 saturated carbocycles. The molecule has 47 heavy (non-hydrogen) atoms. The predicted octanol–water partition coefficient (Wildman–Crippen LogP) is 2.80. The van der Waals surface area contributed by atoms with Gasteiger partial charge in [-0.25, -0.2) is 4.79 Å². The molecule has 2 atom stereocenters. The number of fused-ring (bicyclic) bond motifs is 7. The van der Waals surface area contributed by atoms with E-state index >= 15 is 0 Å². The van der Waals surface area contributed by atoms with Crippen molar-refractivity contribution < 1.29 is 29.0 Å². The molecule has 2 N–H and O–H groups in total. The Bertz CT molecular complexity index is 2070. The second kappa shape index (κ2) is 13.0. The van der Waals surface area contributed by atoms with Crippen molar-refractivity contribution in [2.45, 2.75) is 47.0 Å². The quantitative estimate of drug-likeness (QED) is 0.224. The number of rotatable bonds is 7. The second-order valence-corrected chi connectivity index (χ2v) is 11.7. The third-order valence-electron chi connectivity index (χ3n) is 9.45. The van der Waals surface area contributed by atoms with Crippen molar-refractivity contribution in [3.8, 4) is 0 Å². The number of aliphatic hydroxyl groups is 1. The zero-order chi connectivity index (χ0) is 33.0. The number of esters is 2. The van der Waals surface area contributed by atoms with E-state index in [1.165, 1.54) is 14.2 Å². The van der Waals surface area contributed by atoms with Crippen LogP contribution >= 0.6 is 0 Å². The molecule has 0 aromatic carbocycles. The van der Waals surface area contributed by atoms with Gasteiger partial charge in [0.15, 0.2) is 0 Å². The van der Waals surface area contributed by atoms with E-state index in [4.69, 9.17) is 24.4 Å². The summed E-state index contributed by atoms with van der Waals surface area (Å²) in [5.41, 5.74) is 8.26. The number of carbonyl (C=O) groups is 3. The van der Waals surface area contributed by atoms with Crippen LogP contribution < -0.4 is 31.0 Å². The zero-order valence-corrected chi connectivity index (χ0v) is 28.8. The maximum absolute atomic E-state index is 13.3. The Hall–Kier alpha value is -4.48. The van der Waals surface area contributed by atoms with Crippen LogP contribution in [0.4, 0.5) is 0 Å². The number of aromatic nitrogens is 3. The van der Waals surface area contributed by atoms with E-state index in [1.54, 1.807) is 6.08 Å². The van der Waals surface area contributed by atoms with Crippen LogP contribution in [0.2, 0.25) is 0 Å². The molecule has 238 valence electrons. The third-order valence-corrected chi connectivity index (χ3v) is 9.45. The van der Waals surface area contributed by atoms with Gasteiger partial charge in [-0.2, -0.15) is 0 Å². The Morgan fingerprint density at radius 3 is 2.34 bits per heavy atom. The van der Waals surface area contributed by atoms with Crippen LogP contribution in [0.5, 0.6) is 0 Å². The summed E-state index contributed by atoms with van der Waals surface area (Å²) in [6.45, 7) is 11.8. The molecule has 3 aliphatic rings. The van der Waals surface area contributed by atoms with Crippen molar-refractivity contribution in [2.75, 3.05) is 14.2 Å². The number of aldehydes is 1. The van der Waals surface area contributed by atoms with Crippen molar-refractivity contribution in [3.63, 3.8) is 0 Å². The molecule has 0 amide bonds. The summed E-state index contributed by atoms with van der Waals surface area (Å²) >= 11 is 0. The third kappa shape index (κ3) is 5.31. The summed E-state index contributed by atoms with van der Waals surface area (Å²) in [6, 6.07) is 0. The predicted molar refractivity (Wildman–Crippen MR) is 179 cm³/mol. The van der Waals surface area contributed by atoms with Crippen LogP contribution in [0.3, 0.4) is 0 Å². The van der Waals surface area contributed by atoms with Gasteiger partial charge in [0.25, 0.3) is 0 Å². The Morgan fingerprint density at radius 2 is 1.70 bits per heavy atom. The summed E-state index contributed by atoms with van der Waals surface area (Å²) in [4.78, 5) is 52.8. The fourth-order valence-electron chi connectivity index (χ4n) is 6.92. The van der Waals surface area contributed by atoms with Crippen molar-refractivity contribution in [2.24, 2.45) is 11.8 Å². The maximum atomic E-state index is 13.3. The van der Waals surface area contributed by atoms with Crippen LogP contribution in [0.1, 0.15) is 87.6 Å². The summed E-state index contributed by atoms with van der Waals surface area (Å²) in [5.74, 6) is -1.68. The van der Waals surface area contributed by atoms with E-state index in [0.717, 1.165) is 28.7 Å². The van der Waals surface area contributed by atoms with Crippen LogP contribution in [0.25, 0.3) is 35.6 Å². The van der Waals surface area contributed by atoms with E-state index in [0.29, 0.717) is 74.3 Å². The number of aliphatic hydroxyl groups excluding tert-OH is 1. The van der Waals surface area contributed by atoms with Crippen LogP contribution in [-0.4, -0.2) is 60.6 Å². The molecule has 2 aliphatic heterocycles. The smallest absolute Gasteiger partial charge is 0.657 e. The molecule has 11 heteroatoms. The van der Waals surface area contributed by atoms with E-state index in [-0.39, 0.29) is 58.6 Å². The fraction of sp³-hybridized carbons (Fsp3) is 0.306. The van der Waals surface area contributed by atoms with Gasteiger partial charge in [0, 0.05) is 40.8 Å².